The van der Waals surface area contributed by atoms with Crippen LogP contribution in [0, 0.1) is 0 Å². The summed E-state index contributed by atoms with van der Waals surface area (Å²) in [6.45, 7) is 2.78. The molecule has 4 aromatic rings. The minimum atomic E-state index is 0.689. The minimum absolute atomic E-state index is 0.689. The van der Waals surface area contributed by atoms with Crippen molar-refractivity contribution in [3.63, 3.8) is 0 Å². The molecule has 0 aliphatic heterocycles. The molecule has 1 aromatic carbocycles. The molecule has 0 saturated carbocycles. The third kappa shape index (κ3) is 3.90. The van der Waals surface area contributed by atoms with Crippen molar-refractivity contribution in [3.05, 3.63) is 79.1 Å². The van der Waals surface area contributed by atoms with E-state index < -0.39 is 0 Å². The lowest BCUT2D eigenvalue weighted by molar-refractivity contribution is 0.798. The van der Waals surface area contributed by atoms with Crippen LogP contribution in [0.2, 0.25) is 0 Å². The normalized spacial score (nSPS) is 10.9. The third-order valence-corrected chi connectivity index (χ3v) is 4.89. The molecular formula is C21H19N5S. The van der Waals surface area contributed by atoms with Crippen LogP contribution in [0.3, 0.4) is 0 Å². The molecule has 0 atom stereocenters. The van der Waals surface area contributed by atoms with E-state index in [2.05, 4.69) is 44.6 Å². The van der Waals surface area contributed by atoms with Crippen molar-refractivity contribution in [2.24, 2.45) is 0 Å². The average Bonchev–Trinajstić information content (AvgIpc) is 3.14. The van der Waals surface area contributed by atoms with Crippen LogP contribution in [-0.2, 0) is 6.54 Å². The second-order valence-electron chi connectivity index (χ2n) is 5.98. The first-order valence-electron chi connectivity index (χ1n) is 8.80. The number of benzene rings is 1. The number of thioether (sulfide) groups is 1. The number of hydrogen-bond acceptors (Lipinski definition) is 5. The van der Waals surface area contributed by atoms with Crippen LogP contribution in [0.4, 0.5) is 0 Å². The Morgan fingerprint density at radius 2 is 1.70 bits per heavy atom. The van der Waals surface area contributed by atoms with Gasteiger partial charge in [0.15, 0.2) is 5.16 Å². The summed E-state index contributed by atoms with van der Waals surface area (Å²) in [6, 6.07) is 14.2. The van der Waals surface area contributed by atoms with E-state index in [4.69, 9.17) is 4.98 Å². The van der Waals surface area contributed by atoms with Crippen molar-refractivity contribution in [1.29, 1.82) is 0 Å². The zero-order valence-corrected chi connectivity index (χ0v) is 15.8. The highest BCUT2D eigenvalue weighted by molar-refractivity contribution is 7.99. The number of rotatable bonds is 6. The summed E-state index contributed by atoms with van der Waals surface area (Å²) in [6.07, 6.45) is 9.30. The smallest absolute Gasteiger partial charge is 0.187 e. The molecule has 0 bridgehead atoms. The molecule has 0 unspecified atom stereocenters. The molecule has 0 fully saturated rings. The van der Waals surface area contributed by atoms with Gasteiger partial charge in [-0.25, -0.2) is 15.0 Å². The molecule has 0 N–H and O–H groups in total. The zero-order valence-electron chi connectivity index (χ0n) is 15.0. The van der Waals surface area contributed by atoms with Crippen LogP contribution < -0.4 is 0 Å². The standard InChI is InChI=1S/C21H19N5S/c1-2-27-21-23-12-18(13-24-21)20-19(17-8-4-3-5-9-17)25-15-26(20)14-16-7-6-10-22-11-16/h3-13,15H,2,14H2,1H3. The van der Waals surface area contributed by atoms with Gasteiger partial charge in [0.1, 0.15) is 0 Å². The molecule has 5 nitrogen and oxygen atoms in total. The van der Waals surface area contributed by atoms with Gasteiger partial charge in [-0.2, -0.15) is 0 Å². The molecular weight excluding hydrogens is 354 g/mol. The van der Waals surface area contributed by atoms with Gasteiger partial charge >= 0.3 is 0 Å². The van der Waals surface area contributed by atoms with Gasteiger partial charge < -0.3 is 4.57 Å². The summed E-state index contributed by atoms with van der Waals surface area (Å²) in [5, 5.41) is 0.792. The van der Waals surface area contributed by atoms with Crippen LogP contribution in [0.5, 0.6) is 0 Å². The van der Waals surface area contributed by atoms with E-state index in [-0.39, 0.29) is 0 Å². The number of nitrogens with zero attached hydrogens (tertiary/aromatic N) is 5. The fraction of sp³-hybridized carbons (Fsp3) is 0.143. The van der Waals surface area contributed by atoms with Gasteiger partial charge in [0, 0.05) is 35.9 Å². The monoisotopic (exact) mass is 373 g/mol. The Labute approximate surface area is 162 Å². The van der Waals surface area contributed by atoms with Gasteiger partial charge in [0.25, 0.3) is 0 Å². The molecule has 0 saturated heterocycles. The first-order chi connectivity index (χ1) is 13.3. The third-order valence-electron chi connectivity index (χ3n) is 4.14. The molecule has 134 valence electrons. The molecule has 27 heavy (non-hydrogen) atoms. The Bertz CT molecular complexity index is 998. The van der Waals surface area contributed by atoms with Crippen molar-refractivity contribution in [2.45, 2.75) is 18.6 Å². The van der Waals surface area contributed by atoms with E-state index in [9.17, 15) is 0 Å². The lowest BCUT2D eigenvalue weighted by Crippen LogP contribution is -2.02. The van der Waals surface area contributed by atoms with Crippen LogP contribution in [0.1, 0.15) is 12.5 Å². The molecule has 0 amide bonds. The Hall–Kier alpha value is -2.99. The SMILES string of the molecule is CCSc1ncc(-c2c(-c3ccccc3)ncn2Cc2cccnc2)cn1. The van der Waals surface area contributed by atoms with E-state index in [1.807, 2.05) is 49.2 Å². The maximum atomic E-state index is 4.70. The minimum Gasteiger partial charge on any atom is -0.325 e. The topological polar surface area (TPSA) is 56.5 Å². The maximum Gasteiger partial charge on any atom is 0.187 e. The van der Waals surface area contributed by atoms with Gasteiger partial charge in [-0.15, -0.1) is 0 Å². The lowest BCUT2D eigenvalue weighted by Gasteiger charge is -2.10. The molecule has 3 heterocycles. The van der Waals surface area contributed by atoms with E-state index in [0.717, 1.165) is 39.0 Å². The summed E-state index contributed by atoms with van der Waals surface area (Å²) in [7, 11) is 0. The predicted octanol–water partition coefficient (Wildman–Crippen LogP) is 4.56. The zero-order chi connectivity index (χ0) is 18.5. The summed E-state index contributed by atoms with van der Waals surface area (Å²) in [5.74, 6) is 0.952. The average molecular weight is 373 g/mol. The van der Waals surface area contributed by atoms with Crippen LogP contribution in [0.25, 0.3) is 22.5 Å². The highest BCUT2D eigenvalue weighted by Gasteiger charge is 2.16. The van der Waals surface area contributed by atoms with E-state index in [0.29, 0.717) is 6.54 Å². The van der Waals surface area contributed by atoms with Crippen LogP contribution >= 0.6 is 11.8 Å². The van der Waals surface area contributed by atoms with Crippen LogP contribution in [-0.4, -0.2) is 30.3 Å². The summed E-state index contributed by atoms with van der Waals surface area (Å²) >= 11 is 1.64. The highest BCUT2D eigenvalue weighted by atomic mass is 32.2. The van der Waals surface area contributed by atoms with Crippen molar-refractivity contribution in [3.8, 4) is 22.5 Å². The molecule has 3 aromatic heterocycles. The van der Waals surface area contributed by atoms with E-state index >= 15 is 0 Å². The fourth-order valence-electron chi connectivity index (χ4n) is 2.94. The Balaban J connectivity index is 1.79. The second-order valence-corrected chi connectivity index (χ2v) is 7.22. The van der Waals surface area contributed by atoms with Gasteiger partial charge in [0.2, 0.25) is 0 Å². The van der Waals surface area contributed by atoms with Crippen LogP contribution in [0.15, 0.2) is 78.7 Å². The van der Waals surface area contributed by atoms with E-state index in [1.54, 1.807) is 18.0 Å². The Morgan fingerprint density at radius 1 is 0.889 bits per heavy atom. The summed E-state index contributed by atoms with van der Waals surface area (Å²) in [4.78, 5) is 17.9. The number of imidazole rings is 1. The first kappa shape index (κ1) is 17.4. The molecule has 0 radical (unpaired) electrons. The fourth-order valence-corrected chi connectivity index (χ4v) is 3.46. The predicted molar refractivity (Wildman–Crippen MR) is 108 cm³/mol. The van der Waals surface area contributed by atoms with E-state index in [1.165, 1.54) is 0 Å². The summed E-state index contributed by atoms with van der Waals surface area (Å²) < 4.78 is 2.13. The van der Waals surface area contributed by atoms with Gasteiger partial charge in [0.05, 0.1) is 24.3 Å². The molecule has 6 heteroatoms. The number of aromatic nitrogens is 5. The first-order valence-corrected chi connectivity index (χ1v) is 9.78. The van der Waals surface area contributed by atoms with Crippen molar-refractivity contribution in [2.75, 3.05) is 5.75 Å². The van der Waals surface area contributed by atoms with Gasteiger partial charge in [-0.1, -0.05) is 55.1 Å². The number of hydrogen-bond donors (Lipinski definition) is 0. The maximum absolute atomic E-state index is 4.70. The Morgan fingerprint density at radius 3 is 2.41 bits per heavy atom. The molecule has 4 rings (SSSR count). The number of pyridine rings is 1. The van der Waals surface area contributed by atoms with Crippen molar-refractivity contribution >= 4 is 11.8 Å². The van der Waals surface area contributed by atoms with Gasteiger partial charge in [-0.3, -0.25) is 4.98 Å². The van der Waals surface area contributed by atoms with Crippen molar-refractivity contribution in [1.82, 2.24) is 24.5 Å². The quantitative estimate of drug-likeness (QED) is 0.366. The Kier molecular flexibility index (Phi) is 5.25. The second kappa shape index (κ2) is 8.14. The molecule has 0 aliphatic rings. The largest absolute Gasteiger partial charge is 0.325 e. The van der Waals surface area contributed by atoms with Crippen molar-refractivity contribution < 1.29 is 0 Å². The molecule has 0 aliphatic carbocycles. The van der Waals surface area contributed by atoms with Gasteiger partial charge in [-0.05, 0) is 17.4 Å². The summed E-state index contributed by atoms with van der Waals surface area (Å²) in [5.41, 5.74) is 5.09. The lowest BCUT2D eigenvalue weighted by atomic mass is 10.1. The highest BCUT2D eigenvalue weighted by Crippen LogP contribution is 2.31. The molecule has 0 spiro atoms.